The zero-order valence-electron chi connectivity index (χ0n) is 13.6. The molecule has 0 aliphatic carbocycles. The monoisotopic (exact) mass is 379 g/mol. The van der Waals surface area contributed by atoms with Crippen molar-refractivity contribution < 1.29 is 17.9 Å². The summed E-state index contributed by atoms with van der Waals surface area (Å²) in [7, 11) is -3.40. The van der Waals surface area contributed by atoms with Crippen LogP contribution < -0.4 is 10.1 Å². The number of carbonyl (C=O) groups excluding carboxylic acids is 1. The van der Waals surface area contributed by atoms with Gasteiger partial charge in [-0.1, -0.05) is 23.5 Å². The fourth-order valence-corrected chi connectivity index (χ4v) is 5.25. The molecule has 1 atom stereocenters. The van der Waals surface area contributed by atoms with Crippen LogP contribution in [0.2, 0.25) is 0 Å². The largest absolute Gasteiger partial charge is 0.487 e. The number of sulfonamides is 1. The Balaban J connectivity index is 1.57. The van der Waals surface area contributed by atoms with E-state index in [0.717, 1.165) is 28.1 Å². The van der Waals surface area contributed by atoms with Gasteiger partial charge in [0.15, 0.2) is 5.13 Å². The molecule has 0 bridgehead atoms. The molecule has 1 fully saturated rings. The first-order valence-corrected chi connectivity index (χ1v) is 10.6. The summed E-state index contributed by atoms with van der Waals surface area (Å²) < 4.78 is 30.6. The number of hydrogen-bond donors (Lipinski definition) is 1. The quantitative estimate of drug-likeness (QED) is 0.882. The van der Waals surface area contributed by atoms with Gasteiger partial charge in [0.25, 0.3) is 0 Å². The van der Waals surface area contributed by atoms with Crippen LogP contribution >= 0.6 is 11.3 Å². The summed E-state index contributed by atoms with van der Waals surface area (Å²) >= 11 is 1.36. The number of rotatable bonds is 3. The van der Waals surface area contributed by atoms with E-state index in [1.807, 2.05) is 24.3 Å². The Labute approximate surface area is 149 Å². The number of hydrogen-bond acceptors (Lipinski definition) is 6. The molecule has 132 valence electrons. The number of nitrogens with one attached hydrogen (secondary N) is 1. The Kier molecular flexibility index (Phi) is 4.01. The maximum absolute atomic E-state index is 12.5. The van der Waals surface area contributed by atoms with Crippen LogP contribution in [0.15, 0.2) is 24.3 Å². The van der Waals surface area contributed by atoms with Crippen molar-refractivity contribution in [3.05, 3.63) is 29.1 Å². The van der Waals surface area contributed by atoms with Crippen molar-refractivity contribution >= 4 is 32.4 Å². The van der Waals surface area contributed by atoms with Gasteiger partial charge in [-0.2, -0.15) is 4.31 Å². The molecule has 1 amide bonds. The summed E-state index contributed by atoms with van der Waals surface area (Å²) in [5.41, 5.74) is 1.72. The summed E-state index contributed by atoms with van der Waals surface area (Å²) in [5.74, 6) is 0.445. The summed E-state index contributed by atoms with van der Waals surface area (Å²) in [5, 5.41) is 3.25. The lowest BCUT2D eigenvalue weighted by molar-refractivity contribution is -0.119. The lowest BCUT2D eigenvalue weighted by Gasteiger charge is -2.20. The molecular formula is C16H17N3O4S2. The lowest BCUT2D eigenvalue weighted by atomic mass is 10.1. The smallest absolute Gasteiger partial charge is 0.244 e. The van der Waals surface area contributed by atoms with Crippen LogP contribution in [0.1, 0.15) is 17.7 Å². The van der Waals surface area contributed by atoms with E-state index in [9.17, 15) is 13.2 Å². The lowest BCUT2D eigenvalue weighted by Crippen LogP contribution is -2.42. The topological polar surface area (TPSA) is 88.6 Å². The Bertz CT molecular complexity index is 939. The Hall–Kier alpha value is -1.97. The molecule has 0 radical (unpaired) electrons. The summed E-state index contributed by atoms with van der Waals surface area (Å²) in [6.07, 6.45) is 2.34. The van der Waals surface area contributed by atoms with Crippen LogP contribution in [0.25, 0.3) is 11.3 Å². The minimum absolute atomic E-state index is 0.330. The van der Waals surface area contributed by atoms with Crippen molar-refractivity contribution in [1.82, 2.24) is 9.29 Å². The van der Waals surface area contributed by atoms with Gasteiger partial charge in [-0.25, -0.2) is 13.4 Å². The molecule has 9 heteroatoms. The molecule has 7 nitrogen and oxygen atoms in total. The third kappa shape index (κ3) is 3.03. The minimum atomic E-state index is -3.40. The normalized spacial score (nSPS) is 19.8. The van der Waals surface area contributed by atoms with E-state index < -0.39 is 16.1 Å². The zero-order valence-corrected chi connectivity index (χ0v) is 15.2. The third-order valence-electron chi connectivity index (χ3n) is 4.36. The van der Waals surface area contributed by atoms with E-state index in [2.05, 4.69) is 10.3 Å². The summed E-state index contributed by atoms with van der Waals surface area (Å²) in [6, 6.07) is 6.97. The number of nitrogens with zero attached hydrogens (tertiary/aromatic N) is 2. The number of para-hydroxylation sites is 1. The van der Waals surface area contributed by atoms with Gasteiger partial charge in [-0.05, 0) is 25.0 Å². The number of ether oxygens (including phenoxy) is 1. The van der Waals surface area contributed by atoms with Gasteiger partial charge >= 0.3 is 0 Å². The highest BCUT2D eigenvalue weighted by molar-refractivity contribution is 7.88. The molecule has 1 aromatic heterocycles. The average Bonchev–Trinajstić information content (AvgIpc) is 3.21. The molecule has 1 N–H and O–H groups in total. The van der Waals surface area contributed by atoms with Crippen molar-refractivity contribution in [2.75, 3.05) is 18.1 Å². The summed E-state index contributed by atoms with van der Waals surface area (Å²) in [4.78, 5) is 18.0. The van der Waals surface area contributed by atoms with Crippen LogP contribution in [-0.4, -0.2) is 42.5 Å². The van der Waals surface area contributed by atoms with Crippen molar-refractivity contribution in [2.24, 2.45) is 0 Å². The predicted octanol–water partition coefficient (Wildman–Crippen LogP) is 2.06. The second-order valence-corrected chi connectivity index (χ2v) is 9.12. The molecule has 4 rings (SSSR count). The highest BCUT2D eigenvalue weighted by atomic mass is 32.2. The molecule has 3 heterocycles. The van der Waals surface area contributed by atoms with Gasteiger partial charge in [0, 0.05) is 12.1 Å². The maximum atomic E-state index is 12.5. The molecule has 0 spiro atoms. The first kappa shape index (κ1) is 16.5. The maximum Gasteiger partial charge on any atom is 0.244 e. The Morgan fingerprint density at radius 2 is 2.20 bits per heavy atom. The van der Waals surface area contributed by atoms with E-state index in [1.165, 1.54) is 15.6 Å². The highest BCUT2D eigenvalue weighted by Crippen LogP contribution is 2.40. The fourth-order valence-electron chi connectivity index (χ4n) is 3.23. The first-order valence-electron chi connectivity index (χ1n) is 7.93. The van der Waals surface area contributed by atoms with Crippen LogP contribution in [-0.2, 0) is 21.4 Å². The van der Waals surface area contributed by atoms with Crippen LogP contribution in [0.3, 0.4) is 0 Å². The van der Waals surface area contributed by atoms with Gasteiger partial charge in [-0.3, -0.25) is 4.79 Å². The molecule has 25 heavy (non-hydrogen) atoms. The highest BCUT2D eigenvalue weighted by Gasteiger charge is 2.37. The molecular weight excluding hydrogens is 362 g/mol. The number of aromatic nitrogens is 1. The summed E-state index contributed by atoms with van der Waals surface area (Å²) in [6.45, 7) is 0.797. The first-order chi connectivity index (χ1) is 11.9. The molecule has 2 aliphatic heterocycles. The average molecular weight is 379 g/mol. The number of benzene rings is 1. The second-order valence-electron chi connectivity index (χ2n) is 6.10. The minimum Gasteiger partial charge on any atom is -0.487 e. The van der Waals surface area contributed by atoms with Crippen molar-refractivity contribution in [2.45, 2.75) is 25.5 Å². The van der Waals surface area contributed by atoms with Gasteiger partial charge in [-0.15, -0.1) is 0 Å². The van der Waals surface area contributed by atoms with Gasteiger partial charge in [0.1, 0.15) is 18.4 Å². The Morgan fingerprint density at radius 1 is 1.40 bits per heavy atom. The number of anilines is 1. The van der Waals surface area contributed by atoms with E-state index in [4.69, 9.17) is 4.74 Å². The van der Waals surface area contributed by atoms with Gasteiger partial charge < -0.3 is 10.1 Å². The van der Waals surface area contributed by atoms with E-state index in [1.54, 1.807) is 0 Å². The van der Waals surface area contributed by atoms with Gasteiger partial charge in [0.2, 0.25) is 15.9 Å². The zero-order chi connectivity index (χ0) is 17.6. The number of amides is 1. The molecule has 1 aromatic carbocycles. The molecule has 1 saturated heterocycles. The number of fused-ring (bicyclic) bond motifs is 3. The predicted molar refractivity (Wildman–Crippen MR) is 95.1 cm³/mol. The van der Waals surface area contributed by atoms with Crippen molar-refractivity contribution in [1.29, 1.82) is 0 Å². The molecule has 2 aromatic rings. The molecule has 1 unspecified atom stereocenters. The van der Waals surface area contributed by atoms with E-state index in [-0.39, 0.29) is 5.91 Å². The van der Waals surface area contributed by atoms with E-state index >= 15 is 0 Å². The molecule has 0 saturated carbocycles. The van der Waals surface area contributed by atoms with E-state index in [0.29, 0.717) is 31.1 Å². The Morgan fingerprint density at radius 3 is 3.00 bits per heavy atom. The number of carbonyl (C=O) groups is 1. The molecule has 2 aliphatic rings. The van der Waals surface area contributed by atoms with Crippen LogP contribution in [0.4, 0.5) is 5.13 Å². The fraction of sp³-hybridized carbons (Fsp3) is 0.375. The SMILES string of the molecule is CS(=O)(=O)N1CCCC1C(=O)Nc1nc2c(s1)COc1ccccc1-2. The van der Waals surface area contributed by atoms with Gasteiger partial charge in [0.05, 0.1) is 16.8 Å². The number of thiazole rings is 1. The van der Waals surface area contributed by atoms with Crippen molar-refractivity contribution in [3.63, 3.8) is 0 Å². The van der Waals surface area contributed by atoms with Crippen molar-refractivity contribution in [3.8, 4) is 17.0 Å². The third-order valence-corrected chi connectivity index (χ3v) is 6.59. The standard InChI is InChI=1S/C16H17N3O4S2/c1-25(21,22)19-8-4-6-11(19)15(20)18-16-17-14-10-5-2-3-7-12(10)23-9-13(14)24-16/h2-3,5,7,11H,4,6,8-9H2,1H3,(H,17,18,20). The van der Waals surface area contributed by atoms with Crippen LogP contribution in [0, 0.1) is 0 Å². The van der Waals surface area contributed by atoms with Crippen LogP contribution in [0.5, 0.6) is 5.75 Å². The second kappa shape index (κ2) is 6.08.